The molecule has 0 unspecified atom stereocenters. The fourth-order valence-corrected chi connectivity index (χ4v) is 3.14. The summed E-state index contributed by atoms with van der Waals surface area (Å²) >= 11 is 0. The molecule has 0 atom stereocenters. The average Bonchev–Trinajstić information content (AvgIpc) is 2.90. The Kier molecular flexibility index (Phi) is 4.69. The zero-order valence-corrected chi connectivity index (χ0v) is 13.4. The van der Waals surface area contributed by atoms with Gasteiger partial charge in [-0.05, 0) is 30.7 Å². The van der Waals surface area contributed by atoms with Gasteiger partial charge in [-0.15, -0.1) is 0 Å². The second-order valence-corrected chi connectivity index (χ2v) is 6.52. The molecule has 0 aromatic carbocycles. The maximum absolute atomic E-state index is 12.5. The average molecular weight is 330 g/mol. The molecule has 0 N–H and O–H groups in total. The van der Waals surface area contributed by atoms with Crippen molar-refractivity contribution < 1.29 is 21.3 Å². The lowest BCUT2D eigenvalue weighted by Crippen LogP contribution is -2.31. The summed E-state index contributed by atoms with van der Waals surface area (Å²) in [6.45, 7) is 5.53. The molecule has 1 fully saturated rings. The van der Waals surface area contributed by atoms with Gasteiger partial charge < -0.3 is 9.08 Å². The van der Waals surface area contributed by atoms with Gasteiger partial charge in [0.05, 0.1) is 11.8 Å². The molecule has 1 aliphatic rings. The number of hydrogen-bond acceptors (Lipinski definition) is 5. The Balaban J connectivity index is 2.16. The predicted molar refractivity (Wildman–Crippen MR) is 78.4 cm³/mol. The largest absolute Gasteiger partial charge is 0.488 e. The third kappa shape index (κ3) is 3.73. The molecule has 1 saturated heterocycles. The molecule has 1 aliphatic heterocycles. The van der Waals surface area contributed by atoms with Crippen molar-refractivity contribution in [3.8, 4) is 5.75 Å². The van der Waals surface area contributed by atoms with Crippen LogP contribution in [0.4, 0.5) is 3.89 Å². The topological polar surface area (TPSA) is 76.6 Å². The molecular formula is C14H19FN2O4S. The zero-order valence-electron chi connectivity index (χ0n) is 12.6. The van der Waals surface area contributed by atoms with E-state index in [1.807, 2.05) is 0 Å². The normalized spacial score (nSPS) is 17.5. The van der Waals surface area contributed by atoms with Gasteiger partial charge in [0, 0.05) is 19.3 Å². The first-order valence-corrected chi connectivity index (χ1v) is 8.48. The second kappa shape index (κ2) is 6.20. The van der Waals surface area contributed by atoms with Crippen LogP contribution in [0.2, 0.25) is 0 Å². The molecule has 2 heterocycles. The van der Waals surface area contributed by atoms with Gasteiger partial charge in [0.25, 0.3) is 5.91 Å². The second-order valence-electron chi connectivity index (χ2n) is 5.57. The first-order chi connectivity index (χ1) is 10.3. The number of carbonyl (C=O) groups is 1. The third-order valence-corrected chi connectivity index (χ3v) is 4.77. The molecule has 0 spiro atoms. The molecule has 0 aliphatic carbocycles. The number of pyridine rings is 1. The number of amides is 1. The molecule has 2 rings (SSSR count). The van der Waals surface area contributed by atoms with E-state index < -0.39 is 10.5 Å². The highest BCUT2D eigenvalue weighted by molar-refractivity contribution is 7.81. The van der Waals surface area contributed by atoms with E-state index in [0.29, 0.717) is 13.1 Å². The molecule has 6 nitrogen and oxygen atoms in total. The van der Waals surface area contributed by atoms with Gasteiger partial charge in [-0.25, -0.2) is 0 Å². The Morgan fingerprint density at radius 3 is 2.64 bits per heavy atom. The van der Waals surface area contributed by atoms with E-state index in [1.165, 1.54) is 12.3 Å². The number of hydrogen-bond donors (Lipinski definition) is 0. The fraction of sp³-hybridized carbons (Fsp3) is 0.571. The summed E-state index contributed by atoms with van der Waals surface area (Å²) in [5, 5.41) is 0. The summed E-state index contributed by atoms with van der Waals surface area (Å²) in [6, 6.07) is 1.18. The Bertz CT molecular complexity index is 659. The van der Waals surface area contributed by atoms with Crippen LogP contribution in [-0.2, 0) is 10.5 Å². The fourth-order valence-electron chi connectivity index (χ4n) is 2.81. The third-order valence-electron chi connectivity index (χ3n) is 4.38. The van der Waals surface area contributed by atoms with Crippen molar-refractivity contribution in [1.82, 2.24) is 9.88 Å². The molecule has 8 heteroatoms. The van der Waals surface area contributed by atoms with E-state index in [9.17, 15) is 17.1 Å². The summed E-state index contributed by atoms with van der Waals surface area (Å²) in [4.78, 5) is 17.9. The molecule has 0 radical (unpaired) electrons. The number of carbonyl (C=O) groups excluding carboxylic acids is 1. The lowest BCUT2D eigenvalue weighted by Gasteiger charge is -2.26. The number of nitrogens with zero attached hydrogens (tertiary/aromatic N) is 2. The van der Waals surface area contributed by atoms with Crippen LogP contribution in [0, 0.1) is 5.41 Å². The Labute approximate surface area is 129 Å². The van der Waals surface area contributed by atoms with Crippen molar-refractivity contribution >= 4 is 16.4 Å². The first-order valence-electron chi connectivity index (χ1n) is 7.17. The van der Waals surface area contributed by atoms with Crippen LogP contribution >= 0.6 is 0 Å². The smallest absolute Gasteiger partial charge is 0.357 e. The van der Waals surface area contributed by atoms with Crippen LogP contribution in [0.15, 0.2) is 18.5 Å². The van der Waals surface area contributed by atoms with Crippen molar-refractivity contribution in [3.63, 3.8) is 0 Å². The standard InChI is InChI=1S/C14H19FN2O4S/c1-3-14(4-2)5-6-17(10-14)13(18)11-7-12(9-16-8-11)21-22(15,19)20/h7-9H,3-6,10H2,1-2H3. The monoisotopic (exact) mass is 330 g/mol. The highest BCUT2D eigenvalue weighted by Crippen LogP contribution is 2.37. The van der Waals surface area contributed by atoms with Gasteiger partial charge in [0.1, 0.15) is 0 Å². The van der Waals surface area contributed by atoms with Gasteiger partial charge in [-0.2, -0.15) is 8.42 Å². The van der Waals surface area contributed by atoms with E-state index in [1.54, 1.807) is 4.90 Å². The molecule has 0 saturated carbocycles. The zero-order chi connectivity index (χ0) is 16.4. The molecule has 1 amide bonds. The van der Waals surface area contributed by atoms with Crippen LogP contribution < -0.4 is 4.18 Å². The highest BCUT2D eigenvalue weighted by Gasteiger charge is 2.37. The minimum Gasteiger partial charge on any atom is -0.357 e. The van der Waals surface area contributed by atoms with Crippen LogP contribution in [0.1, 0.15) is 43.5 Å². The van der Waals surface area contributed by atoms with Crippen molar-refractivity contribution in [2.24, 2.45) is 5.41 Å². The van der Waals surface area contributed by atoms with E-state index >= 15 is 0 Å². The maximum Gasteiger partial charge on any atom is 0.488 e. The van der Waals surface area contributed by atoms with Gasteiger partial charge >= 0.3 is 10.5 Å². The van der Waals surface area contributed by atoms with Crippen LogP contribution in [-0.4, -0.2) is 37.3 Å². The Morgan fingerprint density at radius 1 is 1.41 bits per heavy atom. The molecule has 22 heavy (non-hydrogen) atoms. The number of rotatable bonds is 5. The van der Waals surface area contributed by atoms with E-state index in [0.717, 1.165) is 25.5 Å². The minimum atomic E-state index is -5.13. The van der Waals surface area contributed by atoms with Gasteiger partial charge in [0.2, 0.25) is 0 Å². The van der Waals surface area contributed by atoms with Crippen molar-refractivity contribution in [2.45, 2.75) is 33.1 Å². The summed E-state index contributed by atoms with van der Waals surface area (Å²) in [6.07, 6.45) is 5.29. The first kappa shape index (κ1) is 16.7. The number of likely N-dealkylation sites (tertiary alicyclic amines) is 1. The van der Waals surface area contributed by atoms with Crippen molar-refractivity contribution in [1.29, 1.82) is 0 Å². The highest BCUT2D eigenvalue weighted by atomic mass is 32.3. The summed E-state index contributed by atoms with van der Waals surface area (Å²) in [5.41, 5.74) is 0.323. The van der Waals surface area contributed by atoms with Crippen molar-refractivity contribution in [2.75, 3.05) is 13.1 Å². The molecule has 1 aromatic heterocycles. The van der Waals surface area contributed by atoms with E-state index in [-0.39, 0.29) is 22.6 Å². The Morgan fingerprint density at radius 2 is 2.09 bits per heavy atom. The van der Waals surface area contributed by atoms with Gasteiger partial charge in [-0.1, -0.05) is 17.7 Å². The van der Waals surface area contributed by atoms with E-state index in [4.69, 9.17) is 0 Å². The predicted octanol–water partition coefficient (Wildman–Crippen LogP) is 2.33. The molecule has 1 aromatic rings. The summed E-state index contributed by atoms with van der Waals surface area (Å²) < 4.78 is 37.6. The SMILES string of the molecule is CCC1(CC)CCN(C(=O)c2cncc(OS(=O)(=O)F)c2)C1. The van der Waals surface area contributed by atoms with Crippen LogP contribution in [0.3, 0.4) is 0 Å². The molecule has 122 valence electrons. The maximum atomic E-state index is 12.5. The lowest BCUT2D eigenvalue weighted by molar-refractivity contribution is 0.0769. The lowest BCUT2D eigenvalue weighted by atomic mass is 9.82. The minimum absolute atomic E-state index is 0.138. The molecular weight excluding hydrogens is 311 g/mol. The molecule has 0 bridgehead atoms. The Hall–Kier alpha value is -1.70. The number of halogens is 1. The quantitative estimate of drug-likeness (QED) is 0.774. The van der Waals surface area contributed by atoms with Crippen LogP contribution in [0.5, 0.6) is 5.75 Å². The summed E-state index contributed by atoms with van der Waals surface area (Å²) in [5.74, 6) is -0.567. The van der Waals surface area contributed by atoms with Gasteiger partial charge in [0.15, 0.2) is 5.75 Å². The van der Waals surface area contributed by atoms with E-state index in [2.05, 4.69) is 23.0 Å². The van der Waals surface area contributed by atoms with Crippen LogP contribution in [0.25, 0.3) is 0 Å². The summed E-state index contributed by atoms with van der Waals surface area (Å²) in [7, 11) is -5.13. The van der Waals surface area contributed by atoms with Crippen molar-refractivity contribution in [3.05, 3.63) is 24.0 Å². The van der Waals surface area contributed by atoms with Gasteiger partial charge in [-0.3, -0.25) is 9.78 Å². The number of aromatic nitrogens is 1.